The third-order valence-electron chi connectivity index (χ3n) is 6.89. The lowest BCUT2D eigenvalue weighted by Gasteiger charge is -2.17. The second-order valence-electron chi connectivity index (χ2n) is 9.76. The number of hydrogen-bond acceptors (Lipinski definition) is 9. The van der Waals surface area contributed by atoms with Gasteiger partial charge in [0.1, 0.15) is 23.6 Å². The van der Waals surface area contributed by atoms with Gasteiger partial charge in [0.15, 0.2) is 11.5 Å². The number of methoxy groups -OCH3 is 1. The van der Waals surface area contributed by atoms with Crippen molar-refractivity contribution in [3.8, 4) is 23.0 Å². The van der Waals surface area contributed by atoms with Gasteiger partial charge in [0.2, 0.25) is 5.91 Å². The first kappa shape index (κ1) is 27.8. The van der Waals surface area contributed by atoms with Gasteiger partial charge in [-0.05, 0) is 73.9 Å². The van der Waals surface area contributed by atoms with Crippen LogP contribution >= 0.6 is 11.8 Å². The Morgan fingerprint density at radius 1 is 1.10 bits per heavy atom. The number of pyridine rings is 1. The maximum absolute atomic E-state index is 12.4. The Bertz CT molecular complexity index is 1370. The highest BCUT2D eigenvalue weighted by Gasteiger charge is 2.23. The summed E-state index contributed by atoms with van der Waals surface area (Å²) >= 11 is 1.52. The zero-order chi connectivity index (χ0) is 27.9. The van der Waals surface area contributed by atoms with E-state index in [-0.39, 0.29) is 29.8 Å². The van der Waals surface area contributed by atoms with Gasteiger partial charge in [-0.3, -0.25) is 14.6 Å². The fourth-order valence-electron chi connectivity index (χ4n) is 4.67. The Morgan fingerprint density at radius 2 is 1.90 bits per heavy atom. The summed E-state index contributed by atoms with van der Waals surface area (Å²) in [5.41, 5.74) is 7.40. The Morgan fingerprint density at radius 3 is 2.62 bits per heavy atom. The molecular formula is C30H33N3O6S. The number of carbonyl (C=O) groups excluding carboxylic acids is 2. The topological polar surface area (TPSA) is 122 Å². The number of thioether (sulfide) groups is 1. The molecule has 2 aromatic carbocycles. The van der Waals surface area contributed by atoms with Crippen molar-refractivity contribution >= 4 is 40.2 Å². The molecule has 210 valence electrons. The molecular weight excluding hydrogens is 530 g/mol. The molecule has 1 unspecified atom stereocenters. The maximum atomic E-state index is 12.4. The van der Waals surface area contributed by atoms with Gasteiger partial charge in [0.05, 0.1) is 24.5 Å². The van der Waals surface area contributed by atoms with Crippen LogP contribution in [0.1, 0.15) is 38.5 Å². The Balaban J connectivity index is 1.21. The van der Waals surface area contributed by atoms with E-state index in [4.69, 9.17) is 24.7 Å². The molecule has 1 fully saturated rings. The van der Waals surface area contributed by atoms with E-state index in [1.165, 1.54) is 11.8 Å². The van der Waals surface area contributed by atoms with Crippen molar-refractivity contribution in [2.75, 3.05) is 19.0 Å². The lowest BCUT2D eigenvalue weighted by Crippen LogP contribution is -2.35. The predicted octanol–water partition coefficient (Wildman–Crippen LogP) is 5.58. The average molecular weight is 564 g/mol. The van der Waals surface area contributed by atoms with Crippen LogP contribution in [0.2, 0.25) is 0 Å². The second kappa shape index (κ2) is 13.1. The molecule has 0 radical (unpaired) electrons. The number of aromatic nitrogens is 1. The fraction of sp³-hybridized carbons (Fsp3) is 0.367. The predicted molar refractivity (Wildman–Crippen MR) is 155 cm³/mol. The lowest BCUT2D eigenvalue weighted by atomic mass is 10.1. The zero-order valence-electron chi connectivity index (χ0n) is 22.3. The van der Waals surface area contributed by atoms with Crippen LogP contribution < -0.4 is 25.3 Å². The zero-order valence-corrected chi connectivity index (χ0v) is 23.2. The molecule has 2 atom stereocenters. The Hall–Kier alpha value is -3.76. The normalized spacial score (nSPS) is 17.5. The number of esters is 1. The summed E-state index contributed by atoms with van der Waals surface area (Å²) in [5.74, 6) is 1.80. The summed E-state index contributed by atoms with van der Waals surface area (Å²) in [7, 11) is 1.56. The fourth-order valence-corrected chi connectivity index (χ4v) is 5.49. The first-order valence-corrected chi connectivity index (χ1v) is 14.4. The number of hydrogen-bond donors (Lipinski definition) is 2. The van der Waals surface area contributed by atoms with Crippen LogP contribution in [0.4, 0.5) is 5.69 Å². The number of anilines is 1. The van der Waals surface area contributed by atoms with E-state index >= 15 is 0 Å². The highest BCUT2D eigenvalue weighted by atomic mass is 32.2. The van der Waals surface area contributed by atoms with Gasteiger partial charge in [0, 0.05) is 29.8 Å². The number of nitrogens with zero attached hydrogens (tertiary/aromatic N) is 1. The van der Waals surface area contributed by atoms with Crippen molar-refractivity contribution < 1.29 is 28.5 Å². The number of carbonyl (C=O) groups is 2. The van der Waals surface area contributed by atoms with Crippen LogP contribution in [0, 0.1) is 0 Å². The number of benzene rings is 2. The summed E-state index contributed by atoms with van der Waals surface area (Å²) in [6, 6.07) is 11.8. The van der Waals surface area contributed by atoms with Gasteiger partial charge in [-0.25, -0.2) is 0 Å². The number of rotatable bonds is 11. The van der Waals surface area contributed by atoms with E-state index in [1.807, 2.05) is 29.7 Å². The smallest absolute Gasteiger partial charge is 0.323 e. The van der Waals surface area contributed by atoms with Crippen LogP contribution in [0.15, 0.2) is 60.1 Å². The van der Waals surface area contributed by atoms with Gasteiger partial charge in [-0.2, -0.15) is 0 Å². The van der Waals surface area contributed by atoms with Crippen molar-refractivity contribution in [2.45, 2.75) is 55.9 Å². The molecule has 2 aliphatic rings. The highest BCUT2D eigenvalue weighted by Crippen LogP contribution is 2.37. The summed E-state index contributed by atoms with van der Waals surface area (Å²) in [6.07, 6.45) is 8.69. The van der Waals surface area contributed by atoms with Crippen molar-refractivity contribution in [3.05, 3.63) is 60.1 Å². The maximum Gasteiger partial charge on any atom is 0.323 e. The van der Waals surface area contributed by atoms with Gasteiger partial charge in [-0.15, -0.1) is 11.8 Å². The molecule has 3 N–H and O–H groups in total. The van der Waals surface area contributed by atoms with E-state index in [9.17, 15) is 9.59 Å². The summed E-state index contributed by atoms with van der Waals surface area (Å²) < 4.78 is 23.2. The van der Waals surface area contributed by atoms with E-state index in [2.05, 4.69) is 10.3 Å². The molecule has 0 saturated heterocycles. The molecule has 1 aliphatic carbocycles. The van der Waals surface area contributed by atoms with Crippen LogP contribution in [0.3, 0.4) is 0 Å². The van der Waals surface area contributed by atoms with Crippen molar-refractivity contribution in [3.63, 3.8) is 0 Å². The molecule has 0 bridgehead atoms. The van der Waals surface area contributed by atoms with E-state index < -0.39 is 6.04 Å². The molecule has 3 aromatic rings. The van der Waals surface area contributed by atoms with Crippen LogP contribution in [0.25, 0.3) is 10.9 Å². The number of fused-ring (bicyclic) bond motifs is 1. The van der Waals surface area contributed by atoms with Gasteiger partial charge in [-0.1, -0.05) is 6.08 Å². The molecule has 1 saturated carbocycles. The quantitative estimate of drug-likeness (QED) is 0.288. The molecule has 0 spiro atoms. The van der Waals surface area contributed by atoms with E-state index in [0.29, 0.717) is 40.6 Å². The number of nitrogens with two attached hydrogens (primary N) is 1. The third kappa shape index (κ3) is 6.86. The average Bonchev–Trinajstić information content (AvgIpc) is 3.69. The Labute approximate surface area is 237 Å². The number of ether oxygens (including phenoxy) is 4. The number of amides is 1. The first-order valence-electron chi connectivity index (χ1n) is 13.4. The van der Waals surface area contributed by atoms with Crippen LogP contribution in [0.5, 0.6) is 23.0 Å². The highest BCUT2D eigenvalue weighted by molar-refractivity contribution is 8.03. The standard InChI is InChI=1S/C30H33N3O6S/c1-36-26-17-22-24(18-27(26)37-15-13-23(31)30(35)39-20-5-2-3-6-20)32-14-12-25(22)38-21-10-8-19(9-11-21)33-29(34)28-7-4-16-40-28/h4,8-12,14,16-18,20,23,28H,2-3,5-7,13,15,31H2,1H3,(H,33,34)/t23-,28?/m0/s1. The van der Waals surface area contributed by atoms with Crippen LogP contribution in [-0.2, 0) is 14.3 Å². The van der Waals surface area contributed by atoms with Crippen molar-refractivity contribution in [2.24, 2.45) is 5.73 Å². The number of nitrogens with one attached hydrogen (secondary N) is 1. The van der Waals surface area contributed by atoms with Gasteiger partial charge in [0.25, 0.3) is 0 Å². The van der Waals surface area contributed by atoms with E-state index in [0.717, 1.165) is 37.5 Å². The monoisotopic (exact) mass is 563 g/mol. The SMILES string of the molecule is COc1cc2c(Oc3ccc(NC(=O)C4CC=CS4)cc3)ccnc2cc1OCC[C@H](N)C(=O)OC1CCCC1. The molecule has 2 heterocycles. The Kier molecular flexibility index (Phi) is 9.08. The largest absolute Gasteiger partial charge is 0.493 e. The second-order valence-corrected chi connectivity index (χ2v) is 10.9. The van der Waals surface area contributed by atoms with Crippen molar-refractivity contribution in [1.82, 2.24) is 4.98 Å². The van der Waals surface area contributed by atoms with Crippen LogP contribution in [-0.4, -0.2) is 48.0 Å². The molecule has 40 heavy (non-hydrogen) atoms. The number of allylic oxidation sites excluding steroid dienone is 1. The van der Waals surface area contributed by atoms with Crippen molar-refractivity contribution in [1.29, 1.82) is 0 Å². The molecule has 9 nitrogen and oxygen atoms in total. The lowest BCUT2D eigenvalue weighted by molar-refractivity contribution is -0.150. The molecule has 10 heteroatoms. The minimum atomic E-state index is -0.747. The summed E-state index contributed by atoms with van der Waals surface area (Å²) in [4.78, 5) is 29.1. The van der Waals surface area contributed by atoms with Gasteiger partial charge < -0.3 is 30.0 Å². The first-order chi connectivity index (χ1) is 19.5. The molecule has 1 amide bonds. The van der Waals surface area contributed by atoms with Gasteiger partial charge >= 0.3 is 5.97 Å². The minimum Gasteiger partial charge on any atom is -0.493 e. The molecule has 5 rings (SSSR count). The molecule has 1 aliphatic heterocycles. The molecule has 1 aromatic heterocycles. The minimum absolute atomic E-state index is 0.0140. The van der Waals surface area contributed by atoms with E-state index in [1.54, 1.807) is 37.6 Å². The third-order valence-corrected chi connectivity index (χ3v) is 7.98. The summed E-state index contributed by atoms with van der Waals surface area (Å²) in [5, 5.41) is 5.55. The summed E-state index contributed by atoms with van der Waals surface area (Å²) in [6.45, 7) is 0.220.